The van der Waals surface area contributed by atoms with Crippen molar-refractivity contribution >= 4 is 11.8 Å². The fourth-order valence-electron chi connectivity index (χ4n) is 4.07. The van der Waals surface area contributed by atoms with Crippen LogP contribution in [0.4, 0.5) is 32.4 Å². The Morgan fingerprint density at radius 2 is 2.00 bits per heavy atom. The number of nitrogens with zero attached hydrogens (tertiary/aromatic N) is 2. The van der Waals surface area contributed by atoms with Crippen molar-refractivity contribution in [3.8, 4) is 11.3 Å². The highest BCUT2D eigenvalue weighted by atomic mass is 19.3. The summed E-state index contributed by atoms with van der Waals surface area (Å²) in [6.45, 7) is -0.644. The second kappa shape index (κ2) is 9.87. The van der Waals surface area contributed by atoms with Crippen molar-refractivity contribution in [2.24, 2.45) is 5.73 Å². The molecule has 0 spiro atoms. The number of carbonyl (C=O) groups excluding carboxylic acids is 1. The number of benzene rings is 1. The maximum atomic E-state index is 13.4. The number of primary amides is 1. The molecular formula is C21H22F5N3O4. The number of aromatic nitrogens is 1. The van der Waals surface area contributed by atoms with Crippen LogP contribution in [0.3, 0.4) is 0 Å². The SMILES string of the molecule is NC(=O)OC1(C(O)C(F)F)CCCN(c2cnc(-c3ccc(F)cc3C(F)F)cc2CO)C1. The van der Waals surface area contributed by atoms with Crippen molar-refractivity contribution in [1.29, 1.82) is 0 Å². The third-order valence-corrected chi connectivity index (χ3v) is 5.57. The second-order valence-electron chi connectivity index (χ2n) is 7.68. The van der Waals surface area contributed by atoms with Gasteiger partial charge in [0.1, 0.15) is 5.82 Å². The lowest BCUT2D eigenvalue weighted by Gasteiger charge is -2.45. The topological polar surface area (TPSA) is 109 Å². The number of amides is 1. The van der Waals surface area contributed by atoms with Crippen molar-refractivity contribution in [1.82, 2.24) is 4.98 Å². The molecule has 3 rings (SSSR count). The van der Waals surface area contributed by atoms with Gasteiger partial charge >= 0.3 is 6.09 Å². The van der Waals surface area contributed by atoms with Crippen LogP contribution in [0.2, 0.25) is 0 Å². The molecule has 12 heteroatoms. The Morgan fingerprint density at radius 3 is 2.61 bits per heavy atom. The summed E-state index contributed by atoms with van der Waals surface area (Å²) in [5.41, 5.74) is 2.96. The van der Waals surface area contributed by atoms with Gasteiger partial charge in [0.05, 0.1) is 30.7 Å². The number of halogens is 5. The van der Waals surface area contributed by atoms with E-state index >= 15 is 0 Å². The number of carbonyl (C=O) groups is 1. The molecule has 0 bridgehead atoms. The van der Waals surface area contributed by atoms with E-state index in [0.29, 0.717) is 6.07 Å². The first-order valence-corrected chi connectivity index (χ1v) is 9.95. The Morgan fingerprint density at radius 1 is 1.27 bits per heavy atom. The summed E-state index contributed by atoms with van der Waals surface area (Å²) in [5.74, 6) is -0.843. The van der Waals surface area contributed by atoms with E-state index in [1.807, 2.05) is 0 Å². The molecular weight excluding hydrogens is 453 g/mol. The summed E-state index contributed by atoms with van der Waals surface area (Å²) < 4.78 is 71.8. The molecule has 180 valence electrons. The van der Waals surface area contributed by atoms with Crippen LogP contribution in [0.25, 0.3) is 11.3 Å². The number of ether oxygens (including phenoxy) is 1. The number of pyridine rings is 1. The summed E-state index contributed by atoms with van der Waals surface area (Å²) >= 11 is 0. The zero-order chi connectivity index (χ0) is 24.3. The Labute approximate surface area is 185 Å². The number of alkyl halides is 4. The zero-order valence-corrected chi connectivity index (χ0v) is 17.2. The van der Waals surface area contributed by atoms with Crippen molar-refractivity contribution in [2.75, 3.05) is 18.0 Å². The molecule has 4 N–H and O–H groups in total. The summed E-state index contributed by atoms with van der Waals surface area (Å²) in [6, 6.07) is 4.16. The molecule has 7 nitrogen and oxygen atoms in total. The van der Waals surface area contributed by atoms with Crippen molar-refractivity contribution in [3.05, 3.63) is 47.4 Å². The predicted octanol–water partition coefficient (Wildman–Crippen LogP) is 3.38. The molecule has 2 unspecified atom stereocenters. The van der Waals surface area contributed by atoms with E-state index < -0.39 is 48.6 Å². The van der Waals surface area contributed by atoms with Gasteiger partial charge < -0.3 is 25.6 Å². The van der Waals surface area contributed by atoms with Crippen molar-refractivity contribution in [2.45, 2.75) is 44.0 Å². The summed E-state index contributed by atoms with van der Waals surface area (Å²) in [7, 11) is 0. The van der Waals surface area contributed by atoms with Gasteiger partial charge in [0.25, 0.3) is 12.9 Å². The van der Waals surface area contributed by atoms with Crippen LogP contribution in [0, 0.1) is 5.82 Å². The minimum absolute atomic E-state index is 0.0363. The average Bonchev–Trinajstić information content (AvgIpc) is 2.77. The van der Waals surface area contributed by atoms with Gasteiger partial charge in [-0.05, 0) is 37.1 Å². The number of piperidine rings is 1. The average molecular weight is 475 g/mol. The molecule has 0 radical (unpaired) electrons. The van der Waals surface area contributed by atoms with E-state index in [9.17, 15) is 37.0 Å². The number of aliphatic hydroxyl groups excluding tert-OH is 2. The minimum Gasteiger partial charge on any atom is -0.438 e. The van der Waals surface area contributed by atoms with Crippen LogP contribution in [0.15, 0.2) is 30.5 Å². The van der Waals surface area contributed by atoms with Gasteiger partial charge in [-0.15, -0.1) is 0 Å². The number of rotatable bonds is 7. The van der Waals surface area contributed by atoms with Crippen molar-refractivity contribution < 1.29 is 41.7 Å². The molecule has 1 aromatic heterocycles. The number of hydrogen-bond acceptors (Lipinski definition) is 6. The monoisotopic (exact) mass is 475 g/mol. The second-order valence-corrected chi connectivity index (χ2v) is 7.68. The lowest BCUT2D eigenvalue weighted by Crippen LogP contribution is -2.60. The molecule has 1 fully saturated rings. The summed E-state index contributed by atoms with van der Waals surface area (Å²) in [6.07, 6.45) is -8.43. The van der Waals surface area contributed by atoms with Crippen LogP contribution in [-0.2, 0) is 11.3 Å². The Hall–Kier alpha value is -2.99. The molecule has 33 heavy (non-hydrogen) atoms. The Bertz CT molecular complexity index is 1010. The largest absolute Gasteiger partial charge is 0.438 e. The standard InChI is InChI=1S/C21H22F5N3O4/c22-12-2-3-13(14(7-12)18(23)24)15-6-11(9-30)16(8-28-15)29-5-1-4-21(10-29,33-20(27)32)17(31)19(25)26/h2-3,6-8,17-19,30-31H,1,4-5,9-10H2,(H2,27,32). The Balaban J connectivity index is 1.99. The fraction of sp³-hybridized carbons (Fsp3) is 0.429. The van der Waals surface area contributed by atoms with Crippen LogP contribution < -0.4 is 10.6 Å². The molecule has 2 atom stereocenters. The maximum Gasteiger partial charge on any atom is 0.405 e. The van der Waals surface area contributed by atoms with Crippen LogP contribution in [-0.4, -0.2) is 52.5 Å². The van der Waals surface area contributed by atoms with E-state index in [0.717, 1.165) is 12.1 Å². The molecule has 2 heterocycles. The highest BCUT2D eigenvalue weighted by Crippen LogP contribution is 2.37. The van der Waals surface area contributed by atoms with Gasteiger partial charge in [-0.1, -0.05) is 0 Å². The van der Waals surface area contributed by atoms with Crippen molar-refractivity contribution in [3.63, 3.8) is 0 Å². The fourth-order valence-corrected chi connectivity index (χ4v) is 4.07. The molecule has 1 aromatic carbocycles. The quantitative estimate of drug-likeness (QED) is 0.530. The number of anilines is 1. The molecule has 0 saturated carbocycles. The first kappa shape index (κ1) is 24.6. The maximum absolute atomic E-state index is 13.4. The minimum atomic E-state index is -3.21. The van der Waals surface area contributed by atoms with E-state index in [4.69, 9.17) is 10.5 Å². The van der Waals surface area contributed by atoms with Gasteiger partial charge in [0, 0.05) is 23.2 Å². The number of nitrogens with two attached hydrogens (primary N) is 1. The summed E-state index contributed by atoms with van der Waals surface area (Å²) in [4.78, 5) is 17.0. The first-order valence-electron chi connectivity index (χ1n) is 9.95. The predicted molar refractivity (Wildman–Crippen MR) is 107 cm³/mol. The van der Waals surface area contributed by atoms with Gasteiger partial charge in [-0.3, -0.25) is 4.98 Å². The molecule has 2 aromatic rings. The lowest BCUT2D eigenvalue weighted by atomic mass is 9.86. The highest BCUT2D eigenvalue weighted by Gasteiger charge is 2.49. The smallest absolute Gasteiger partial charge is 0.405 e. The Kier molecular flexibility index (Phi) is 7.38. The third-order valence-electron chi connectivity index (χ3n) is 5.57. The van der Waals surface area contributed by atoms with Gasteiger partial charge in [0.2, 0.25) is 0 Å². The normalized spacial score (nSPS) is 19.7. The number of hydrogen-bond donors (Lipinski definition) is 3. The third kappa shape index (κ3) is 5.17. The summed E-state index contributed by atoms with van der Waals surface area (Å²) in [5, 5.41) is 19.9. The molecule has 0 aliphatic carbocycles. The van der Waals surface area contributed by atoms with E-state index in [-0.39, 0.29) is 48.4 Å². The number of aliphatic hydroxyl groups is 2. The highest BCUT2D eigenvalue weighted by molar-refractivity contribution is 5.68. The van der Waals surface area contributed by atoms with E-state index in [1.165, 1.54) is 17.2 Å². The van der Waals surface area contributed by atoms with E-state index in [2.05, 4.69) is 4.98 Å². The van der Waals surface area contributed by atoms with Gasteiger partial charge in [0.15, 0.2) is 11.7 Å². The van der Waals surface area contributed by atoms with Crippen LogP contribution in [0.1, 0.15) is 30.4 Å². The molecule has 1 aliphatic heterocycles. The van der Waals surface area contributed by atoms with Crippen LogP contribution >= 0.6 is 0 Å². The molecule has 1 saturated heterocycles. The zero-order valence-electron chi connectivity index (χ0n) is 17.2. The first-order chi connectivity index (χ1) is 15.6. The van der Waals surface area contributed by atoms with E-state index in [1.54, 1.807) is 0 Å². The lowest BCUT2D eigenvalue weighted by molar-refractivity contribution is -0.141. The van der Waals surface area contributed by atoms with Gasteiger partial charge in [-0.2, -0.15) is 0 Å². The molecule has 1 amide bonds. The van der Waals surface area contributed by atoms with Gasteiger partial charge in [-0.25, -0.2) is 26.7 Å². The van der Waals surface area contributed by atoms with Crippen LogP contribution in [0.5, 0.6) is 0 Å². The molecule has 1 aliphatic rings.